The van der Waals surface area contributed by atoms with Gasteiger partial charge in [0, 0.05) is 26.7 Å². The van der Waals surface area contributed by atoms with E-state index >= 15 is 0 Å². The molecule has 2 amide bonds. The molecule has 0 aromatic carbocycles. The molecular weight excluding hydrogens is 248 g/mol. The molecule has 3 heteroatoms. The van der Waals surface area contributed by atoms with Crippen LogP contribution >= 0.6 is 0 Å². The zero-order chi connectivity index (χ0) is 15.7. The van der Waals surface area contributed by atoms with E-state index in [1.165, 1.54) is 0 Å². The maximum atomic E-state index is 12.5. The molecule has 2 unspecified atom stereocenters. The van der Waals surface area contributed by atoms with Gasteiger partial charge in [0.1, 0.15) is 0 Å². The fourth-order valence-electron chi connectivity index (χ4n) is 3.40. The van der Waals surface area contributed by atoms with Gasteiger partial charge < -0.3 is 9.80 Å². The topological polar surface area (TPSA) is 23.6 Å². The van der Waals surface area contributed by atoms with Gasteiger partial charge in [-0.15, -0.1) is 0 Å². The van der Waals surface area contributed by atoms with Crippen molar-refractivity contribution in [1.82, 2.24) is 9.80 Å². The van der Waals surface area contributed by atoms with Crippen LogP contribution in [0.5, 0.6) is 0 Å². The Bertz CT molecular complexity index is 338. The summed E-state index contributed by atoms with van der Waals surface area (Å²) in [7, 11) is 1.95. The van der Waals surface area contributed by atoms with Crippen LogP contribution in [0.3, 0.4) is 0 Å². The molecule has 0 radical (unpaired) electrons. The quantitative estimate of drug-likeness (QED) is 0.748. The number of nitrogens with zero attached hydrogens (tertiary/aromatic N) is 2. The van der Waals surface area contributed by atoms with E-state index in [1.54, 1.807) is 0 Å². The van der Waals surface area contributed by atoms with Crippen molar-refractivity contribution in [2.24, 2.45) is 22.7 Å². The number of rotatable bonds is 2. The lowest BCUT2D eigenvalue weighted by Crippen LogP contribution is -2.43. The second-order valence-corrected chi connectivity index (χ2v) is 8.55. The first kappa shape index (κ1) is 17.3. The van der Waals surface area contributed by atoms with E-state index in [-0.39, 0.29) is 16.9 Å². The molecule has 20 heavy (non-hydrogen) atoms. The molecule has 118 valence electrons. The molecule has 0 N–H and O–H groups in total. The van der Waals surface area contributed by atoms with Crippen LogP contribution in [0.4, 0.5) is 4.79 Å². The Hall–Kier alpha value is -0.730. The molecule has 0 spiro atoms. The third-order valence-electron chi connectivity index (χ3n) is 4.69. The summed E-state index contributed by atoms with van der Waals surface area (Å²) in [6.07, 6.45) is 1.02. The summed E-state index contributed by atoms with van der Waals surface area (Å²) in [5.41, 5.74) is 0.435. The summed E-state index contributed by atoms with van der Waals surface area (Å²) in [5, 5.41) is 0. The van der Waals surface area contributed by atoms with E-state index in [1.807, 2.05) is 11.9 Å². The highest BCUT2D eigenvalue weighted by atomic mass is 16.2. The van der Waals surface area contributed by atoms with Crippen LogP contribution < -0.4 is 0 Å². The van der Waals surface area contributed by atoms with Gasteiger partial charge >= 0.3 is 6.03 Å². The first-order valence-corrected chi connectivity index (χ1v) is 7.98. The average Bonchev–Trinajstić information content (AvgIpc) is 2.39. The van der Waals surface area contributed by atoms with Gasteiger partial charge in [0.05, 0.1) is 0 Å². The van der Waals surface area contributed by atoms with Gasteiger partial charge in [0.2, 0.25) is 0 Å². The van der Waals surface area contributed by atoms with Crippen molar-refractivity contribution in [1.29, 1.82) is 0 Å². The van der Waals surface area contributed by atoms with Gasteiger partial charge in [-0.1, -0.05) is 48.5 Å². The van der Waals surface area contributed by atoms with Crippen LogP contribution in [-0.2, 0) is 0 Å². The van der Waals surface area contributed by atoms with Crippen molar-refractivity contribution in [3.63, 3.8) is 0 Å². The normalized spacial score (nSPS) is 25.9. The number of amides is 2. The smallest absolute Gasteiger partial charge is 0.319 e. The molecule has 0 aliphatic carbocycles. The maximum absolute atomic E-state index is 12.5. The van der Waals surface area contributed by atoms with E-state index in [0.717, 1.165) is 26.1 Å². The van der Waals surface area contributed by atoms with E-state index in [0.29, 0.717) is 11.8 Å². The predicted octanol–water partition coefficient (Wildman–Crippen LogP) is 4.09. The number of urea groups is 1. The highest BCUT2D eigenvalue weighted by molar-refractivity contribution is 5.74. The molecule has 1 rings (SSSR count). The standard InChI is InChI=1S/C17H34N2O/c1-9-10-19-12-14(17(5,6)7)13(16(2,3)4)11-18(8)15(19)20/h13-14H,9-12H2,1-8H3. The average molecular weight is 282 g/mol. The van der Waals surface area contributed by atoms with Crippen molar-refractivity contribution >= 4 is 6.03 Å². The maximum Gasteiger partial charge on any atom is 0.319 e. The lowest BCUT2D eigenvalue weighted by atomic mass is 9.64. The molecule has 1 saturated heterocycles. The SMILES string of the molecule is CCCN1CC(C(C)(C)C)C(C(C)(C)C)CN(C)C1=O. The van der Waals surface area contributed by atoms with Crippen LogP contribution in [0, 0.1) is 22.7 Å². The monoisotopic (exact) mass is 282 g/mol. The minimum atomic E-state index is 0.202. The van der Waals surface area contributed by atoms with Crippen LogP contribution in [0.2, 0.25) is 0 Å². The molecule has 2 atom stereocenters. The first-order chi connectivity index (χ1) is 8.98. The Kier molecular flexibility index (Phi) is 5.15. The van der Waals surface area contributed by atoms with Gasteiger partial charge in [0.15, 0.2) is 0 Å². The summed E-state index contributed by atoms with van der Waals surface area (Å²) in [5.74, 6) is 1.06. The second-order valence-electron chi connectivity index (χ2n) is 8.55. The van der Waals surface area contributed by atoms with Crippen molar-refractivity contribution in [3.8, 4) is 0 Å². The van der Waals surface area contributed by atoms with Crippen molar-refractivity contribution in [2.45, 2.75) is 54.9 Å². The Balaban J connectivity index is 3.15. The Morgan fingerprint density at radius 2 is 1.45 bits per heavy atom. The number of carbonyl (C=O) groups is 1. The third kappa shape index (κ3) is 3.89. The summed E-state index contributed by atoms with van der Waals surface area (Å²) in [6, 6.07) is 0.202. The molecule has 0 aromatic heterocycles. The summed E-state index contributed by atoms with van der Waals surface area (Å²) in [6.45, 7) is 18.6. The lowest BCUT2D eigenvalue weighted by Gasteiger charge is -2.43. The fourth-order valence-corrected chi connectivity index (χ4v) is 3.40. The van der Waals surface area contributed by atoms with Gasteiger partial charge in [-0.2, -0.15) is 0 Å². The van der Waals surface area contributed by atoms with Gasteiger partial charge in [-0.25, -0.2) is 4.79 Å². The second kappa shape index (κ2) is 5.95. The first-order valence-electron chi connectivity index (χ1n) is 7.98. The fraction of sp³-hybridized carbons (Fsp3) is 0.941. The minimum absolute atomic E-state index is 0.202. The van der Waals surface area contributed by atoms with Crippen molar-refractivity contribution < 1.29 is 4.79 Å². The van der Waals surface area contributed by atoms with E-state index < -0.39 is 0 Å². The Labute approximate surface area is 125 Å². The highest BCUT2D eigenvalue weighted by Crippen LogP contribution is 2.43. The van der Waals surface area contributed by atoms with Crippen LogP contribution in [-0.4, -0.2) is 42.5 Å². The predicted molar refractivity (Wildman–Crippen MR) is 85.8 cm³/mol. The molecular formula is C17H34N2O. The largest absolute Gasteiger partial charge is 0.327 e. The summed E-state index contributed by atoms with van der Waals surface area (Å²) in [4.78, 5) is 16.5. The van der Waals surface area contributed by atoms with Crippen LogP contribution in [0.1, 0.15) is 54.9 Å². The Morgan fingerprint density at radius 1 is 1.00 bits per heavy atom. The molecule has 0 bridgehead atoms. The Morgan fingerprint density at radius 3 is 1.85 bits per heavy atom. The zero-order valence-electron chi connectivity index (χ0n) is 14.8. The molecule has 1 heterocycles. The highest BCUT2D eigenvalue weighted by Gasteiger charge is 2.43. The minimum Gasteiger partial charge on any atom is -0.327 e. The van der Waals surface area contributed by atoms with Gasteiger partial charge in [0.25, 0.3) is 0 Å². The molecule has 3 nitrogen and oxygen atoms in total. The molecule has 1 aliphatic rings. The van der Waals surface area contributed by atoms with Gasteiger partial charge in [-0.05, 0) is 29.1 Å². The summed E-state index contributed by atoms with van der Waals surface area (Å²) < 4.78 is 0. The molecule has 0 aromatic rings. The van der Waals surface area contributed by atoms with Crippen molar-refractivity contribution in [2.75, 3.05) is 26.7 Å². The number of hydrogen-bond donors (Lipinski definition) is 0. The van der Waals surface area contributed by atoms with E-state index in [9.17, 15) is 4.79 Å². The number of hydrogen-bond acceptors (Lipinski definition) is 1. The van der Waals surface area contributed by atoms with Crippen LogP contribution in [0.25, 0.3) is 0 Å². The van der Waals surface area contributed by atoms with E-state index in [4.69, 9.17) is 0 Å². The third-order valence-corrected chi connectivity index (χ3v) is 4.69. The zero-order valence-corrected chi connectivity index (χ0v) is 14.8. The molecule has 0 saturated carbocycles. The molecule has 1 fully saturated rings. The van der Waals surface area contributed by atoms with E-state index in [2.05, 4.69) is 53.4 Å². The van der Waals surface area contributed by atoms with Crippen LogP contribution in [0.15, 0.2) is 0 Å². The molecule has 1 aliphatic heterocycles. The lowest BCUT2D eigenvalue weighted by molar-refractivity contribution is 0.0571. The van der Waals surface area contributed by atoms with Crippen molar-refractivity contribution in [3.05, 3.63) is 0 Å². The summed E-state index contributed by atoms with van der Waals surface area (Å²) >= 11 is 0. The number of carbonyl (C=O) groups excluding carboxylic acids is 1. The van der Waals surface area contributed by atoms with Gasteiger partial charge in [-0.3, -0.25) is 0 Å².